The van der Waals surface area contributed by atoms with Crippen molar-refractivity contribution in [2.45, 2.75) is 12.5 Å². The number of carbonyl (C=O) groups excluding carboxylic acids is 2. The Balaban J connectivity index is 0.00000208. The van der Waals surface area contributed by atoms with E-state index < -0.39 is 0 Å². The van der Waals surface area contributed by atoms with Gasteiger partial charge in [-0.3, -0.25) is 9.59 Å². The second-order valence-corrected chi connectivity index (χ2v) is 6.52. The SMILES string of the molecule is CN(C(=O)c1cccc(NC(=O)c2cccs2)c1)C1CCNC1.Cl. The minimum Gasteiger partial charge on any atom is -0.337 e. The van der Waals surface area contributed by atoms with Crippen LogP contribution in [0.3, 0.4) is 0 Å². The fourth-order valence-electron chi connectivity index (χ4n) is 2.67. The molecule has 5 nitrogen and oxygen atoms in total. The summed E-state index contributed by atoms with van der Waals surface area (Å²) in [6.07, 6.45) is 0.969. The highest BCUT2D eigenvalue weighted by Crippen LogP contribution is 2.17. The first-order valence-electron chi connectivity index (χ1n) is 7.58. The predicted molar refractivity (Wildman–Crippen MR) is 99.3 cm³/mol. The lowest BCUT2D eigenvalue weighted by atomic mass is 10.1. The third-order valence-electron chi connectivity index (χ3n) is 4.01. The fourth-order valence-corrected chi connectivity index (χ4v) is 3.29. The topological polar surface area (TPSA) is 61.4 Å². The monoisotopic (exact) mass is 365 g/mol. The molecule has 0 bridgehead atoms. The van der Waals surface area contributed by atoms with Gasteiger partial charge in [-0.1, -0.05) is 12.1 Å². The van der Waals surface area contributed by atoms with Crippen molar-refractivity contribution in [3.05, 3.63) is 52.2 Å². The van der Waals surface area contributed by atoms with Crippen LogP contribution < -0.4 is 10.6 Å². The van der Waals surface area contributed by atoms with Gasteiger partial charge in [0.25, 0.3) is 11.8 Å². The maximum absolute atomic E-state index is 12.6. The van der Waals surface area contributed by atoms with Crippen molar-refractivity contribution < 1.29 is 9.59 Å². The van der Waals surface area contributed by atoms with Gasteiger partial charge >= 0.3 is 0 Å². The second-order valence-electron chi connectivity index (χ2n) is 5.57. The van der Waals surface area contributed by atoms with Crippen LogP contribution in [0, 0.1) is 0 Å². The number of nitrogens with one attached hydrogen (secondary N) is 2. The summed E-state index contributed by atoms with van der Waals surface area (Å²) in [5.74, 6) is -0.177. The van der Waals surface area contributed by atoms with Gasteiger partial charge in [-0.15, -0.1) is 23.7 Å². The van der Waals surface area contributed by atoms with Crippen LogP contribution in [-0.4, -0.2) is 42.9 Å². The maximum atomic E-state index is 12.6. The van der Waals surface area contributed by atoms with Gasteiger partial charge in [0.05, 0.1) is 4.88 Å². The first-order chi connectivity index (χ1) is 11.1. The van der Waals surface area contributed by atoms with Crippen LogP contribution in [0.5, 0.6) is 0 Å². The summed E-state index contributed by atoms with van der Waals surface area (Å²) in [4.78, 5) is 27.1. The zero-order chi connectivity index (χ0) is 16.2. The van der Waals surface area contributed by atoms with E-state index in [9.17, 15) is 9.59 Å². The van der Waals surface area contributed by atoms with Crippen LogP contribution in [0.25, 0.3) is 0 Å². The van der Waals surface area contributed by atoms with Crippen molar-refractivity contribution in [3.63, 3.8) is 0 Å². The van der Waals surface area contributed by atoms with E-state index in [0.29, 0.717) is 16.1 Å². The molecule has 0 saturated carbocycles. The quantitative estimate of drug-likeness (QED) is 0.875. The average Bonchev–Trinajstić information content (AvgIpc) is 3.26. The van der Waals surface area contributed by atoms with E-state index in [1.54, 1.807) is 35.2 Å². The number of carbonyl (C=O) groups is 2. The molecule has 2 heterocycles. The van der Waals surface area contributed by atoms with Gasteiger partial charge in [0.15, 0.2) is 0 Å². The molecule has 2 aromatic rings. The smallest absolute Gasteiger partial charge is 0.265 e. The number of halogens is 1. The molecule has 0 spiro atoms. The van der Waals surface area contributed by atoms with Crippen LogP contribution in [0.4, 0.5) is 5.69 Å². The molecule has 1 fully saturated rings. The molecule has 1 saturated heterocycles. The summed E-state index contributed by atoms with van der Waals surface area (Å²) in [7, 11) is 1.83. The van der Waals surface area contributed by atoms with E-state index in [4.69, 9.17) is 0 Å². The Hall–Kier alpha value is -1.89. The van der Waals surface area contributed by atoms with Crippen molar-refractivity contribution in [2.75, 3.05) is 25.5 Å². The lowest BCUT2D eigenvalue weighted by Gasteiger charge is -2.24. The summed E-state index contributed by atoms with van der Waals surface area (Å²) in [6.45, 7) is 1.77. The molecule has 1 aromatic carbocycles. The Kier molecular flexibility index (Phi) is 6.36. The van der Waals surface area contributed by atoms with Crippen LogP contribution in [0.15, 0.2) is 41.8 Å². The molecule has 3 rings (SSSR count). The molecule has 1 aliphatic heterocycles. The largest absolute Gasteiger partial charge is 0.337 e. The van der Waals surface area contributed by atoms with Gasteiger partial charge in [-0.05, 0) is 42.6 Å². The second kappa shape index (κ2) is 8.28. The number of benzene rings is 1. The lowest BCUT2D eigenvalue weighted by molar-refractivity contribution is 0.0743. The molecule has 2 amide bonds. The first kappa shape index (κ1) is 18.4. The third-order valence-corrected chi connectivity index (χ3v) is 4.88. The zero-order valence-corrected chi connectivity index (χ0v) is 15.0. The van der Waals surface area contributed by atoms with Gasteiger partial charge in [0, 0.05) is 30.9 Å². The van der Waals surface area contributed by atoms with E-state index in [1.807, 2.05) is 18.5 Å². The molecule has 1 aliphatic rings. The van der Waals surface area contributed by atoms with Gasteiger partial charge < -0.3 is 15.5 Å². The average molecular weight is 366 g/mol. The van der Waals surface area contributed by atoms with Crippen molar-refractivity contribution in [3.8, 4) is 0 Å². The number of hydrogen-bond acceptors (Lipinski definition) is 4. The molecule has 1 aromatic heterocycles. The first-order valence-corrected chi connectivity index (χ1v) is 8.46. The molecule has 7 heteroatoms. The summed E-state index contributed by atoms with van der Waals surface area (Å²) in [5.41, 5.74) is 1.22. The lowest BCUT2D eigenvalue weighted by Crippen LogP contribution is -2.38. The van der Waals surface area contributed by atoms with E-state index >= 15 is 0 Å². The maximum Gasteiger partial charge on any atom is 0.265 e. The number of nitrogens with zero attached hydrogens (tertiary/aromatic N) is 1. The minimum absolute atomic E-state index is 0. The molecule has 128 valence electrons. The van der Waals surface area contributed by atoms with E-state index in [1.165, 1.54) is 11.3 Å². The fraction of sp³-hybridized carbons (Fsp3) is 0.294. The van der Waals surface area contributed by atoms with Crippen LogP contribution in [-0.2, 0) is 0 Å². The van der Waals surface area contributed by atoms with Crippen molar-refractivity contribution in [1.29, 1.82) is 0 Å². The van der Waals surface area contributed by atoms with Gasteiger partial charge in [-0.25, -0.2) is 0 Å². The summed E-state index contributed by atoms with van der Waals surface area (Å²) >= 11 is 1.39. The molecule has 24 heavy (non-hydrogen) atoms. The number of anilines is 1. The Labute approximate surface area is 151 Å². The van der Waals surface area contributed by atoms with Crippen molar-refractivity contribution in [1.82, 2.24) is 10.2 Å². The molecule has 1 atom stereocenters. The van der Waals surface area contributed by atoms with Crippen LogP contribution in [0.1, 0.15) is 26.5 Å². The Morgan fingerprint density at radius 3 is 2.79 bits per heavy atom. The van der Waals surface area contributed by atoms with Gasteiger partial charge in [-0.2, -0.15) is 0 Å². The Morgan fingerprint density at radius 1 is 1.29 bits per heavy atom. The summed E-state index contributed by atoms with van der Waals surface area (Å²) < 4.78 is 0. The number of hydrogen-bond donors (Lipinski definition) is 2. The summed E-state index contributed by atoms with van der Waals surface area (Å²) in [6, 6.07) is 10.9. The molecular formula is C17H20ClN3O2S. The molecule has 1 unspecified atom stereocenters. The predicted octanol–water partition coefficient (Wildman–Crippen LogP) is 2.86. The highest BCUT2D eigenvalue weighted by molar-refractivity contribution is 7.12. The van der Waals surface area contributed by atoms with Gasteiger partial charge in [0.2, 0.25) is 0 Å². The normalized spacial score (nSPS) is 16.3. The standard InChI is InChI=1S/C17H19N3O2S.ClH/c1-20(14-7-8-18-11-14)17(22)12-4-2-5-13(10-12)19-16(21)15-6-3-9-23-15;/h2-6,9-10,14,18H,7-8,11H2,1H3,(H,19,21);1H. The molecular weight excluding hydrogens is 346 g/mol. The number of likely N-dealkylation sites (N-methyl/N-ethyl adjacent to an activating group) is 1. The highest BCUT2D eigenvalue weighted by Gasteiger charge is 2.24. The molecule has 2 N–H and O–H groups in total. The van der Waals surface area contributed by atoms with E-state index in [0.717, 1.165) is 19.5 Å². The number of thiophene rings is 1. The number of rotatable bonds is 4. The van der Waals surface area contributed by atoms with E-state index in [-0.39, 0.29) is 30.3 Å². The van der Waals surface area contributed by atoms with Crippen molar-refractivity contribution >= 4 is 41.2 Å². The third kappa shape index (κ3) is 4.14. The zero-order valence-electron chi connectivity index (χ0n) is 13.3. The van der Waals surface area contributed by atoms with Crippen molar-refractivity contribution in [2.24, 2.45) is 0 Å². The highest BCUT2D eigenvalue weighted by atomic mass is 35.5. The van der Waals surface area contributed by atoms with E-state index in [2.05, 4.69) is 10.6 Å². The summed E-state index contributed by atoms with van der Waals surface area (Å²) in [5, 5.41) is 7.96. The molecule has 0 radical (unpaired) electrons. The Bertz CT molecular complexity index is 700. The minimum atomic E-state index is -0.155. The van der Waals surface area contributed by atoms with Crippen LogP contribution in [0.2, 0.25) is 0 Å². The number of amides is 2. The van der Waals surface area contributed by atoms with Crippen LogP contribution >= 0.6 is 23.7 Å². The Morgan fingerprint density at radius 2 is 2.12 bits per heavy atom. The molecule has 0 aliphatic carbocycles. The van der Waals surface area contributed by atoms with Gasteiger partial charge in [0.1, 0.15) is 0 Å².